The Labute approximate surface area is 200 Å². The first-order valence-corrected chi connectivity index (χ1v) is 12.3. The number of carboxylic acid groups (broad SMARTS) is 1. The highest BCUT2D eigenvalue weighted by atomic mass is 16.4. The molecule has 178 valence electrons. The molecule has 1 amide bonds. The largest absolute Gasteiger partial charge is 0.478 e. The predicted molar refractivity (Wildman–Crippen MR) is 132 cm³/mol. The van der Waals surface area contributed by atoms with E-state index < -0.39 is 5.97 Å². The summed E-state index contributed by atoms with van der Waals surface area (Å²) in [6.45, 7) is 3.40. The van der Waals surface area contributed by atoms with Crippen LogP contribution in [0.2, 0.25) is 0 Å². The minimum atomic E-state index is -0.980. The highest BCUT2D eigenvalue weighted by Crippen LogP contribution is 2.43. The van der Waals surface area contributed by atoms with E-state index in [2.05, 4.69) is 29.1 Å². The highest BCUT2D eigenvalue weighted by Gasteiger charge is 2.29. The highest BCUT2D eigenvalue weighted by molar-refractivity contribution is 5.97. The lowest BCUT2D eigenvalue weighted by atomic mass is 9.82. The molecular weight excluding hydrogens is 428 g/mol. The Hall–Kier alpha value is -3.19. The topological polar surface area (TPSA) is 78.7 Å². The average molecular weight is 461 g/mol. The quantitative estimate of drug-likeness (QED) is 0.617. The van der Waals surface area contributed by atoms with Crippen LogP contribution in [0.25, 0.3) is 22.3 Å². The first-order valence-electron chi connectivity index (χ1n) is 12.3. The monoisotopic (exact) mass is 460 g/mol. The number of hydrogen-bond acceptors (Lipinski definition) is 4. The van der Waals surface area contributed by atoms with E-state index >= 15 is 0 Å². The van der Waals surface area contributed by atoms with Crippen LogP contribution in [0.5, 0.6) is 0 Å². The number of aromatic nitrogens is 2. The molecule has 7 nitrogen and oxygen atoms in total. The summed E-state index contributed by atoms with van der Waals surface area (Å²) in [6, 6.07) is 11.9. The van der Waals surface area contributed by atoms with Gasteiger partial charge in [-0.25, -0.2) is 9.78 Å². The number of likely N-dealkylation sites (N-methyl/N-ethyl adjacent to an activating group) is 1. The number of piperazine rings is 1. The summed E-state index contributed by atoms with van der Waals surface area (Å²) in [6.07, 6.45) is 7.12. The van der Waals surface area contributed by atoms with Crippen LogP contribution in [0, 0.1) is 0 Å². The van der Waals surface area contributed by atoms with E-state index in [1.54, 1.807) is 6.07 Å². The number of hydrogen-bond donors (Lipinski definition) is 1. The van der Waals surface area contributed by atoms with Gasteiger partial charge in [0.2, 0.25) is 5.91 Å². The Balaban J connectivity index is 1.68. The maximum atomic E-state index is 13.4. The van der Waals surface area contributed by atoms with Crippen molar-refractivity contribution in [1.29, 1.82) is 0 Å². The fourth-order valence-electron chi connectivity index (χ4n) is 5.52. The second-order valence-corrected chi connectivity index (χ2v) is 9.63. The number of nitrogens with zero attached hydrogens (tertiary/aromatic N) is 4. The summed E-state index contributed by atoms with van der Waals surface area (Å²) in [5.74, 6) is -0.565. The summed E-state index contributed by atoms with van der Waals surface area (Å²) < 4.78 is 2.04. The van der Waals surface area contributed by atoms with Gasteiger partial charge in [0.15, 0.2) is 0 Å². The second kappa shape index (κ2) is 9.58. The third-order valence-electron chi connectivity index (χ3n) is 7.39. The summed E-state index contributed by atoms with van der Waals surface area (Å²) in [7, 11) is 2.08. The number of carbonyl (C=O) groups excluding carboxylic acids is 1. The van der Waals surface area contributed by atoms with Crippen molar-refractivity contribution >= 4 is 22.9 Å². The molecule has 0 bridgehead atoms. The van der Waals surface area contributed by atoms with Gasteiger partial charge in [0.05, 0.1) is 11.3 Å². The molecule has 1 aromatic carbocycles. The minimum Gasteiger partial charge on any atom is -0.478 e. The van der Waals surface area contributed by atoms with Gasteiger partial charge < -0.3 is 19.5 Å². The van der Waals surface area contributed by atoms with Crippen molar-refractivity contribution in [3.05, 3.63) is 53.7 Å². The number of benzene rings is 1. The molecule has 1 saturated carbocycles. The minimum absolute atomic E-state index is 0.0847. The number of aromatic carboxylic acids is 1. The number of rotatable bonds is 5. The van der Waals surface area contributed by atoms with Gasteiger partial charge in [-0.2, -0.15) is 0 Å². The summed E-state index contributed by atoms with van der Waals surface area (Å²) in [5.41, 5.74) is 4.10. The first kappa shape index (κ1) is 22.6. The molecule has 34 heavy (non-hydrogen) atoms. The molecule has 5 rings (SSSR count). The van der Waals surface area contributed by atoms with Crippen LogP contribution in [-0.4, -0.2) is 69.6 Å². The number of fused-ring (bicyclic) bond motifs is 1. The van der Waals surface area contributed by atoms with Crippen molar-refractivity contribution in [2.45, 2.75) is 44.6 Å². The van der Waals surface area contributed by atoms with E-state index in [0.29, 0.717) is 11.6 Å². The van der Waals surface area contributed by atoms with E-state index in [1.807, 2.05) is 27.7 Å². The lowest BCUT2D eigenvalue weighted by Gasteiger charge is -2.32. The van der Waals surface area contributed by atoms with Gasteiger partial charge in [-0.3, -0.25) is 4.79 Å². The van der Waals surface area contributed by atoms with Crippen molar-refractivity contribution in [2.75, 3.05) is 33.2 Å². The van der Waals surface area contributed by atoms with Gasteiger partial charge >= 0.3 is 5.97 Å². The van der Waals surface area contributed by atoms with Gasteiger partial charge in [0.25, 0.3) is 0 Å². The zero-order valence-electron chi connectivity index (χ0n) is 19.7. The van der Waals surface area contributed by atoms with Gasteiger partial charge in [-0.1, -0.05) is 49.6 Å². The zero-order chi connectivity index (χ0) is 23.7. The van der Waals surface area contributed by atoms with Crippen LogP contribution < -0.4 is 0 Å². The average Bonchev–Trinajstić information content (AvgIpc) is 3.18. The lowest BCUT2D eigenvalue weighted by molar-refractivity contribution is -0.133. The summed E-state index contributed by atoms with van der Waals surface area (Å²) in [4.78, 5) is 34.0. The van der Waals surface area contributed by atoms with Gasteiger partial charge in [0, 0.05) is 37.8 Å². The molecule has 0 radical (unpaired) electrons. The smallest absolute Gasteiger partial charge is 0.337 e. The van der Waals surface area contributed by atoms with Gasteiger partial charge in [-0.15, -0.1) is 0 Å². The van der Waals surface area contributed by atoms with Crippen LogP contribution in [0.15, 0.2) is 42.6 Å². The molecule has 1 saturated heterocycles. The zero-order valence-corrected chi connectivity index (χ0v) is 19.7. The van der Waals surface area contributed by atoms with E-state index in [4.69, 9.17) is 0 Å². The fourth-order valence-corrected chi connectivity index (χ4v) is 5.52. The molecule has 1 aliphatic heterocycles. The Bertz CT molecular complexity index is 1190. The molecule has 3 aromatic rings. The van der Waals surface area contributed by atoms with Crippen molar-refractivity contribution in [2.24, 2.45) is 0 Å². The second-order valence-electron chi connectivity index (χ2n) is 9.63. The molecule has 2 aromatic heterocycles. The van der Waals surface area contributed by atoms with Crippen LogP contribution in [0.4, 0.5) is 0 Å². The molecule has 0 atom stereocenters. The molecule has 2 aliphatic rings. The van der Waals surface area contributed by atoms with Crippen LogP contribution in [0.3, 0.4) is 0 Å². The molecule has 3 heterocycles. The van der Waals surface area contributed by atoms with Crippen molar-refractivity contribution in [1.82, 2.24) is 19.4 Å². The number of carbonyl (C=O) groups is 2. The Morgan fingerprint density at radius 2 is 1.74 bits per heavy atom. The molecule has 0 spiro atoms. The fraction of sp³-hybridized carbons (Fsp3) is 0.444. The van der Waals surface area contributed by atoms with Crippen molar-refractivity contribution < 1.29 is 14.7 Å². The van der Waals surface area contributed by atoms with Crippen molar-refractivity contribution in [3.63, 3.8) is 0 Å². The summed E-state index contributed by atoms with van der Waals surface area (Å²) >= 11 is 0. The normalized spacial score (nSPS) is 17.9. The number of amides is 1. The van der Waals surface area contributed by atoms with Gasteiger partial charge in [0.1, 0.15) is 12.2 Å². The molecule has 7 heteroatoms. The molecule has 1 N–H and O–H groups in total. The predicted octanol–water partition coefficient (Wildman–Crippen LogP) is 4.22. The maximum Gasteiger partial charge on any atom is 0.337 e. The first-order chi connectivity index (χ1) is 16.5. The van der Waals surface area contributed by atoms with E-state index in [1.165, 1.54) is 12.6 Å². The standard InChI is InChI=1S/C27H32N4O3/c1-29-12-14-30(15-13-29)23(32)18-31-25(20-10-6-3-7-11-20)24(19-8-4-2-5-9-19)22-16-21(27(33)34)17-28-26(22)31/h3,6-7,10-11,16-17,19H,2,4-5,8-9,12-15,18H2,1H3,(H,33,34). The Kier molecular flexibility index (Phi) is 6.37. The van der Waals surface area contributed by atoms with E-state index in [9.17, 15) is 14.7 Å². The molecular formula is C27H32N4O3. The number of carboxylic acids is 1. The third-order valence-corrected chi connectivity index (χ3v) is 7.39. The Morgan fingerprint density at radius 3 is 2.41 bits per heavy atom. The molecule has 0 unspecified atom stereocenters. The van der Waals surface area contributed by atoms with E-state index in [0.717, 1.165) is 74.1 Å². The van der Waals surface area contributed by atoms with E-state index in [-0.39, 0.29) is 18.0 Å². The number of pyridine rings is 1. The SMILES string of the molecule is CN1CCN(C(=O)Cn2c(-c3ccccc3)c(C3CCCCC3)c3cc(C(=O)O)cnc32)CC1. The van der Waals surface area contributed by atoms with Crippen LogP contribution in [0.1, 0.15) is 53.9 Å². The molecule has 2 fully saturated rings. The maximum absolute atomic E-state index is 13.4. The van der Waals surface area contributed by atoms with Crippen molar-refractivity contribution in [3.8, 4) is 11.3 Å². The van der Waals surface area contributed by atoms with Crippen LogP contribution >= 0.6 is 0 Å². The Morgan fingerprint density at radius 1 is 1.03 bits per heavy atom. The van der Waals surface area contributed by atoms with Crippen LogP contribution in [-0.2, 0) is 11.3 Å². The van der Waals surface area contributed by atoms with Gasteiger partial charge in [-0.05, 0) is 43.0 Å². The molecule has 1 aliphatic carbocycles. The summed E-state index contributed by atoms with van der Waals surface area (Å²) in [5, 5.41) is 10.5. The lowest BCUT2D eigenvalue weighted by Crippen LogP contribution is -2.48. The third kappa shape index (κ3) is 4.32.